The summed E-state index contributed by atoms with van der Waals surface area (Å²) < 4.78 is 0. The zero-order valence-electron chi connectivity index (χ0n) is 20.1. The molecule has 4 heteroatoms. The van der Waals surface area contributed by atoms with Gasteiger partial charge in [-0.3, -0.25) is 10.2 Å². The van der Waals surface area contributed by atoms with Crippen LogP contribution in [0.3, 0.4) is 0 Å². The summed E-state index contributed by atoms with van der Waals surface area (Å²) in [7, 11) is 0. The van der Waals surface area contributed by atoms with Gasteiger partial charge in [0.05, 0.1) is 11.4 Å². The zero-order chi connectivity index (χ0) is 22.9. The largest absolute Gasteiger partial charge is 0.343 e. The molecule has 32 heavy (non-hydrogen) atoms. The standard InChI is InChI=1S/C28H41N3O/c1-3-5-7-15-23-31(24-16-8-6-4-2)28(32)22-21-27(25-17-11-9-12-18-25)30-29-26-19-13-10-14-20-26/h9-14,17-20,29H,3-8,15-16,21-24H2,1-2H3/b30-27-. The average molecular weight is 436 g/mol. The van der Waals surface area contributed by atoms with Gasteiger partial charge in [0.2, 0.25) is 5.91 Å². The molecule has 0 saturated carbocycles. The number of carbonyl (C=O) groups is 1. The Bertz CT molecular complexity index is 762. The number of hydrazone groups is 1. The molecule has 0 unspecified atom stereocenters. The van der Waals surface area contributed by atoms with Crippen LogP contribution in [0.1, 0.15) is 83.6 Å². The Hall–Kier alpha value is -2.62. The van der Waals surface area contributed by atoms with E-state index in [1.165, 1.54) is 38.5 Å². The predicted molar refractivity (Wildman–Crippen MR) is 137 cm³/mol. The molecule has 2 rings (SSSR count). The SMILES string of the molecule is CCCCCCN(CCCCCC)C(=O)CC/C(=N/Nc1ccccc1)c1ccccc1. The minimum Gasteiger partial charge on any atom is -0.343 e. The molecule has 0 saturated heterocycles. The highest BCUT2D eigenvalue weighted by atomic mass is 16.2. The molecule has 0 fully saturated rings. The Balaban J connectivity index is 2.00. The van der Waals surface area contributed by atoms with Crippen LogP contribution in [0.2, 0.25) is 0 Å². The number of rotatable bonds is 16. The Morgan fingerprint density at radius 2 is 1.31 bits per heavy atom. The highest BCUT2D eigenvalue weighted by Gasteiger charge is 2.15. The second-order valence-corrected chi connectivity index (χ2v) is 8.40. The van der Waals surface area contributed by atoms with E-state index in [0.29, 0.717) is 12.8 Å². The van der Waals surface area contributed by atoms with Gasteiger partial charge < -0.3 is 4.90 Å². The molecule has 2 aromatic carbocycles. The first-order valence-electron chi connectivity index (χ1n) is 12.5. The van der Waals surface area contributed by atoms with Gasteiger partial charge in [-0.2, -0.15) is 5.10 Å². The lowest BCUT2D eigenvalue weighted by molar-refractivity contribution is -0.131. The van der Waals surface area contributed by atoms with Gasteiger partial charge in [-0.05, 0) is 30.5 Å². The third kappa shape index (κ3) is 10.1. The molecule has 0 radical (unpaired) electrons. The molecule has 0 aromatic heterocycles. The molecule has 0 heterocycles. The predicted octanol–water partition coefficient (Wildman–Crippen LogP) is 7.27. The van der Waals surface area contributed by atoms with E-state index in [1.54, 1.807) is 0 Å². The van der Waals surface area contributed by atoms with E-state index in [2.05, 4.69) is 41.4 Å². The van der Waals surface area contributed by atoms with Crippen molar-refractivity contribution in [3.8, 4) is 0 Å². The monoisotopic (exact) mass is 435 g/mol. The minimum atomic E-state index is 0.251. The van der Waals surface area contributed by atoms with Crippen LogP contribution in [0, 0.1) is 0 Å². The van der Waals surface area contributed by atoms with Crippen LogP contribution >= 0.6 is 0 Å². The fourth-order valence-corrected chi connectivity index (χ4v) is 3.74. The van der Waals surface area contributed by atoms with Gasteiger partial charge in [0.25, 0.3) is 0 Å². The van der Waals surface area contributed by atoms with Gasteiger partial charge in [-0.1, -0.05) is 101 Å². The number of nitrogens with one attached hydrogen (secondary N) is 1. The fourth-order valence-electron chi connectivity index (χ4n) is 3.74. The minimum absolute atomic E-state index is 0.251. The molecule has 2 aromatic rings. The van der Waals surface area contributed by atoms with Gasteiger partial charge in [0.15, 0.2) is 0 Å². The number of amides is 1. The van der Waals surface area contributed by atoms with E-state index in [4.69, 9.17) is 0 Å². The summed E-state index contributed by atoms with van der Waals surface area (Å²) in [5.41, 5.74) is 6.07. The number of hydrogen-bond acceptors (Lipinski definition) is 3. The summed E-state index contributed by atoms with van der Waals surface area (Å²) >= 11 is 0. The van der Waals surface area contributed by atoms with E-state index < -0.39 is 0 Å². The number of carbonyl (C=O) groups excluding carboxylic acids is 1. The lowest BCUT2D eigenvalue weighted by Crippen LogP contribution is -2.33. The number of anilines is 1. The molecule has 0 aliphatic rings. The van der Waals surface area contributed by atoms with Gasteiger partial charge in [0.1, 0.15) is 0 Å². The van der Waals surface area contributed by atoms with Crippen LogP contribution in [-0.2, 0) is 4.79 Å². The van der Waals surface area contributed by atoms with Crippen molar-refractivity contribution in [2.45, 2.75) is 78.1 Å². The second-order valence-electron chi connectivity index (χ2n) is 8.40. The van der Waals surface area contributed by atoms with Crippen molar-refractivity contribution in [2.24, 2.45) is 5.10 Å². The van der Waals surface area contributed by atoms with E-state index in [9.17, 15) is 4.79 Å². The van der Waals surface area contributed by atoms with Crippen LogP contribution < -0.4 is 5.43 Å². The maximum absolute atomic E-state index is 13.1. The van der Waals surface area contributed by atoms with Gasteiger partial charge in [-0.15, -0.1) is 0 Å². The van der Waals surface area contributed by atoms with Gasteiger partial charge in [-0.25, -0.2) is 0 Å². The Labute approximate surface area is 195 Å². The summed E-state index contributed by atoms with van der Waals surface area (Å²) in [5.74, 6) is 0.251. The van der Waals surface area contributed by atoms with Crippen LogP contribution in [0.15, 0.2) is 65.8 Å². The molecule has 0 aliphatic carbocycles. The molecule has 1 N–H and O–H groups in total. The molecule has 1 amide bonds. The van der Waals surface area contributed by atoms with Crippen molar-refractivity contribution in [3.05, 3.63) is 66.2 Å². The van der Waals surface area contributed by atoms with Gasteiger partial charge in [0, 0.05) is 25.9 Å². The van der Waals surface area contributed by atoms with Crippen LogP contribution in [0.5, 0.6) is 0 Å². The maximum Gasteiger partial charge on any atom is 0.222 e. The van der Waals surface area contributed by atoms with E-state index >= 15 is 0 Å². The lowest BCUT2D eigenvalue weighted by Gasteiger charge is -2.23. The summed E-state index contributed by atoms with van der Waals surface area (Å²) in [6.45, 7) is 6.21. The number of para-hydroxylation sites is 1. The molecular formula is C28H41N3O. The van der Waals surface area contributed by atoms with Crippen molar-refractivity contribution < 1.29 is 4.79 Å². The number of unbranched alkanes of at least 4 members (excludes halogenated alkanes) is 6. The van der Waals surface area contributed by atoms with Crippen LogP contribution in [0.25, 0.3) is 0 Å². The van der Waals surface area contributed by atoms with Crippen LogP contribution in [-0.4, -0.2) is 29.6 Å². The van der Waals surface area contributed by atoms with Gasteiger partial charge >= 0.3 is 0 Å². The molecule has 4 nitrogen and oxygen atoms in total. The highest BCUT2D eigenvalue weighted by molar-refractivity contribution is 6.02. The maximum atomic E-state index is 13.1. The molecule has 0 bridgehead atoms. The average Bonchev–Trinajstić information content (AvgIpc) is 2.84. The van der Waals surface area contributed by atoms with Crippen molar-refractivity contribution in [1.29, 1.82) is 0 Å². The van der Waals surface area contributed by atoms with E-state index in [0.717, 1.165) is 42.9 Å². The zero-order valence-corrected chi connectivity index (χ0v) is 20.1. The highest BCUT2D eigenvalue weighted by Crippen LogP contribution is 2.13. The normalized spacial score (nSPS) is 11.4. The number of benzene rings is 2. The van der Waals surface area contributed by atoms with E-state index in [1.807, 2.05) is 48.5 Å². The Kier molecular flexibility index (Phi) is 12.9. The van der Waals surface area contributed by atoms with Crippen molar-refractivity contribution >= 4 is 17.3 Å². The van der Waals surface area contributed by atoms with Crippen molar-refractivity contribution in [3.63, 3.8) is 0 Å². The summed E-state index contributed by atoms with van der Waals surface area (Å²) in [5, 5.41) is 4.66. The first-order chi connectivity index (χ1) is 15.7. The number of nitrogens with zero attached hydrogens (tertiary/aromatic N) is 2. The third-order valence-electron chi connectivity index (χ3n) is 5.69. The Morgan fingerprint density at radius 1 is 0.750 bits per heavy atom. The van der Waals surface area contributed by atoms with Crippen LogP contribution in [0.4, 0.5) is 5.69 Å². The fraction of sp³-hybridized carbons (Fsp3) is 0.500. The quantitative estimate of drug-likeness (QED) is 0.171. The summed E-state index contributed by atoms with van der Waals surface area (Å²) in [6, 6.07) is 20.1. The Morgan fingerprint density at radius 3 is 1.88 bits per heavy atom. The first kappa shape index (κ1) is 25.6. The smallest absolute Gasteiger partial charge is 0.222 e. The summed E-state index contributed by atoms with van der Waals surface area (Å²) in [4.78, 5) is 15.2. The second kappa shape index (κ2) is 16.1. The third-order valence-corrected chi connectivity index (χ3v) is 5.69. The molecule has 0 atom stereocenters. The van der Waals surface area contributed by atoms with Crippen molar-refractivity contribution in [1.82, 2.24) is 4.90 Å². The summed E-state index contributed by atoms with van der Waals surface area (Å²) in [6.07, 6.45) is 10.6. The topological polar surface area (TPSA) is 44.7 Å². The molecule has 174 valence electrons. The lowest BCUT2D eigenvalue weighted by atomic mass is 10.0. The van der Waals surface area contributed by atoms with E-state index in [-0.39, 0.29) is 5.91 Å². The first-order valence-corrected chi connectivity index (χ1v) is 12.5. The molecule has 0 aliphatic heterocycles. The molecular weight excluding hydrogens is 394 g/mol. The van der Waals surface area contributed by atoms with Crippen molar-refractivity contribution in [2.75, 3.05) is 18.5 Å². The molecule has 0 spiro atoms. The number of hydrogen-bond donors (Lipinski definition) is 1.